The molecule has 2 rings (SSSR count). The van der Waals surface area contributed by atoms with Gasteiger partial charge in [0.15, 0.2) is 0 Å². The summed E-state index contributed by atoms with van der Waals surface area (Å²) in [6.07, 6.45) is 3.11. The quantitative estimate of drug-likeness (QED) is 0.758. The third-order valence-electron chi connectivity index (χ3n) is 3.79. The van der Waals surface area contributed by atoms with Crippen LogP contribution in [0.15, 0.2) is 30.5 Å². The number of para-hydroxylation sites is 1. The van der Waals surface area contributed by atoms with Crippen molar-refractivity contribution in [1.82, 2.24) is 10.3 Å². The maximum Gasteiger partial charge on any atom is 0.0457 e. The summed E-state index contributed by atoms with van der Waals surface area (Å²) in [5, 5.41) is 4.74. The lowest BCUT2D eigenvalue weighted by atomic mass is 9.78. The predicted octanol–water partition coefficient (Wildman–Crippen LogP) is 2.80. The fraction of sp³-hybridized carbons (Fsp3) is 0.467. The average Bonchev–Trinajstić information content (AvgIpc) is 2.74. The first kappa shape index (κ1) is 13.1. The van der Waals surface area contributed by atoms with Crippen LogP contribution in [0.4, 0.5) is 0 Å². The number of hydrogen-bond acceptors (Lipinski definition) is 2. The molecular formula is C15H23N3. The van der Waals surface area contributed by atoms with E-state index in [1.54, 1.807) is 0 Å². The van der Waals surface area contributed by atoms with Crippen LogP contribution in [0, 0.1) is 5.41 Å². The molecule has 0 fully saturated rings. The van der Waals surface area contributed by atoms with Gasteiger partial charge in [0.1, 0.15) is 0 Å². The van der Waals surface area contributed by atoms with Gasteiger partial charge in [-0.1, -0.05) is 32.0 Å². The molecule has 0 saturated carbocycles. The van der Waals surface area contributed by atoms with E-state index in [4.69, 9.17) is 5.73 Å². The molecule has 0 aliphatic carbocycles. The van der Waals surface area contributed by atoms with Crippen molar-refractivity contribution in [2.24, 2.45) is 11.1 Å². The van der Waals surface area contributed by atoms with Gasteiger partial charge in [-0.05, 0) is 37.1 Å². The molecule has 0 aliphatic heterocycles. The van der Waals surface area contributed by atoms with E-state index in [1.807, 2.05) is 7.05 Å². The zero-order chi connectivity index (χ0) is 13.2. The molecule has 0 aliphatic rings. The Morgan fingerprint density at radius 2 is 2.06 bits per heavy atom. The molecule has 0 spiro atoms. The molecule has 1 atom stereocenters. The molecule has 2 aromatic rings. The first-order chi connectivity index (χ1) is 8.60. The van der Waals surface area contributed by atoms with E-state index in [9.17, 15) is 0 Å². The Bertz CT molecular complexity index is 513. The van der Waals surface area contributed by atoms with Gasteiger partial charge in [-0.3, -0.25) is 0 Å². The normalized spacial score (nSPS) is 14.0. The highest BCUT2D eigenvalue weighted by Crippen LogP contribution is 2.38. The predicted molar refractivity (Wildman–Crippen MR) is 77.6 cm³/mol. The molecule has 3 heteroatoms. The SMILES string of the molecule is CNC(c1c[nH]c2ccccc12)C(C)(C)CCN. The van der Waals surface area contributed by atoms with Gasteiger partial charge in [-0.15, -0.1) is 0 Å². The van der Waals surface area contributed by atoms with Gasteiger partial charge >= 0.3 is 0 Å². The first-order valence-electron chi connectivity index (χ1n) is 6.53. The lowest BCUT2D eigenvalue weighted by Gasteiger charge is -2.34. The summed E-state index contributed by atoms with van der Waals surface area (Å²) in [5.74, 6) is 0. The van der Waals surface area contributed by atoms with E-state index in [0.29, 0.717) is 12.6 Å². The van der Waals surface area contributed by atoms with Crippen LogP contribution in [0.5, 0.6) is 0 Å². The van der Waals surface area contributed by atoms with Crippen molar-refractivity contribution >= 4 is 10.9 Å². The van der Waals surface area contributed by atoms with E-state index in [1.165, 1.54) is 16.5 Å². The molecule has 0 saturated heterocycles. The molecule has 1 aromatic heterocycles. The lowest BCUT2D eigenvalue weighted by Crippen LogP contribution is -2.33. The van der Waals surface area contributed by atoms with Gasteiger partial charge in [0.25, 0.3) is 0 Å². The zero-order valence-corrected chi connectivity index (χ0v) is 11.5. The summed E-state index contributed by atoms with van der Waals surface area (Å²) in [4.78, 5) is 3.35. The summed E-state index contributed by atoms with van der Waals surface area (Å²) in [7, 11) is 2.02. The highest BCUT2D eigenvalue weighted by atomic mass is 14.9. The van der Waals surface area contributed by atoms with E-state index in [-0.39, 0.29) is 5.41 Å². The monoisotopic (exact) mass is 245 g/mol. The number of fused-ring (bicyclic) bond motifs is 1. The number of benzene rings is 1. The van der Waals surface area contributed by atoms with Crippen molar-refractivity contribution in [2.45, 2.75) is 26.3 Å². The third kappa shape index (κ3) is 2.28. The summed E-state index contributed by atoms with van der Waals surface area (Å²) in [6.45, 7) is 5.25. The van der Waals surface area contributed by atoms with Crippen LogP contribution in [0.2, 0.25) is 0 Å². The fourth-order valence-corrected chi connectivity index (χ4v) is 2.82. The number of nitrogens with one attached hydrogen (secondary N) is 2. The van der Waals surface area contributed by atoms with Crippen LogP contribution in [-0.2, 0) is 0 Å². The largest absolute Gasteiger partial charge is 0.361 e. The minimum Gasteiger partial charge on any atom is -0.361 e. The molecule has 4 N–H and O–H groups in total. The number of H-pyrrole nitrogens is 1. The Morgan fingerprint density at radius 1 is 1.33 bits per heavy atom. The van der Waals surface area contributed by atoms with Crippen LogP contribution in [-0.4, -0.2) is 18.6 Å². The molecule has 0 radical (unpaired) electrons. The van der Waals surface area contributed by atoms with Crippen LogP contribution in [0.3, 0.4) is 0 Å². The van der Waals surface area contributed by atoms with Crippen molar-refractivity contribution in [3.63, 3.8) is 0 Å². The highest BCUT2D eigenvalue weighted by Gasteiger charge is 2.30. The van der Waals surface area contributed by atoms with Crippen LogP contribution in [0.1, 0.15) is 31.9 Å². The Hall–Kier alpha value is -1.32. The van der Waals surface area contributed by atoms with Gasteiger partial charge in [-0.2, -0.15) is 0 Å². The van der Waals surface area contributed by atoms with E-state index in [2.05, 4.69) is 54.6 Å². The minimum absolute atomic E-state index is 0.133. The van der Waals surface area contributed by atoms with Crippen molar-refractivity contribution in [3.05, 3.63) is 36.0 Å². The van der Waals surface area contributed by atoms with Gasteiger partial charge < -0.3 is 16.0 Å². The molecule has 1 unspecified atom stereocenters. The molecule has 0 bridgehead atoms. The minimum atomic E-state index is 0.133. The average molecular weight is 245 g/mol. The number of aromatic nitrogens is 1. The second-order valence-electron chi connectivity index (χ2n) is 5.54. The van der Waals surface area contributed by atoms with E-state index in [0.717, 1.165) is 6.42 Å². The molecule has 1 aromatic carbocycles. The third-order valence-corrected chi connectivity index (χ3v) is 3.79. The van der Waals surface area contributed by atoms with Crippen LogP contribution >= 0.6 is 0 Å². The maximum absolute atomic E-state index is 5.74. The van der Waals surface area contributed by atoms with Gasteiger partial charge in [0.05, 0.1) is 0 Å². The maximum atomic E-state index is 5.74. The van der Waals surface area contributed by atoms with Gasteiger partial charge in [-0.25, -0.2) is 0 Å². The molecule has 98 valence electrons. The van der Waals surface area contributed by atoms with Crippen molar-refractivity contribution < 1.29 is 0 Å². The fourth-order valence-electron chi connectivity index (χ4n) is 2.82. The van der Waals surface area contributed by atoms with Crippen molar-refractivity contribution in [1.29, 1.82) is 0 Å². The first-order valence-corrected chi connectivity index (χ1v) is 6.53. The Kier molecular flexibility index (Phi) is 3.73. The Balaban J connectivity index is 2.44. The standard InChI is InChI=1S/C15H23N3/c1-15(2,8-9-16)14(17-3)12-10-18-13-7-5-4-6-11(12)13/h4-7,10,14,17-18H,8-9,16H2,1-3H3. The molecular weight excluding hydrogens is 222 g/mol. The number of nitrogens with two attached hydrogens (primary N) is 1. The second kappa shape index (κ2) is 5.12. The number of rotatable bonds is 5. The van der Waals surface area contributed by atoms with Gasteiger partial charge in [0, 0.05) is 23.1 Å². The second-order valence-corrected chi connectivity index (χ2v) is 5.54. The summed E-state index contributed by atoms with van der Waals surface area (Å²) in [6, 6.07) is 8.73. The molecule has 1 heterocycles. The van der Waals surface area contributed by atoms with Crippen molar-refractivity contribution in [2.75, 3.05) is 13.6 Å². The van der Waals surface area contributed by atoms with Crippen LogP contribution < -0.4 is 11.1 Å². The zero-order valence-electron chi connectivity index (χ0n) is 11.5. The molecule has 3 nitrogen and oxygen atoms in total. The lowest BCUT2D eigenvalue weighted by molar-refractivity contribution is 0.240. The summed E-state index contributed by atoms with van der Waals surface area (Å²) >= 11 is 0. The number of hydrogen-bond donors (Lipinski definition) is 3. The number of aromatic amines is 1. The van der Waals surface area contributed by atoms with E-state index < -0.39 is 0 Å². The van der Waals surface area contributed by atoms with Crippen molar-refractivity contribution in [3.8, 4) is 0 Å². The highest BCUT2D eigenvalue weighted by molar-refractivity contribution is 5.83. The smallest absolute Gasteiger partial charge is 0.0457 e. The summed E-state index contributed by atoms with van der Waals surface area (Å²) < 4.78 is 0. The Morgan fingerprint density at radius 3 is 2.72 bits per heavy atom. The topological polar surface area (TPSA) is 53.8 Å². The summed E-state index contributed by atoms with van der Waals surface area (Å²) in [5.41, 5.74) is 8.39. The molecule has 0 amide bonds. The molecule has 18 heavy (non-hydrogen) atoms. The van der Waals surface area contributed by atoms with Gasteiger partial charge in [0.2, 0.25) is 0 Å². The Labute approximate surface area is 109 Å². The van der Waals surface area contributed by atoms with Crippen LogP contribution in [0.25, 0.3) is 10.9 Å². The van der Waals surface area contributed by atoms with E-state index >= 15 is 0 Å².